The lowest BCUT2D eigenvalue weighted by Crippen LogP contribution is -2.42. The van der Waals surface area contributed by atoms with Crippen molar-refractivity contribution in [3.63, 3.8) is 0 Å². The summed E-state index contributed by atoms with van der Waals surface area (Å²) in [6.07, 6.45) is 6.69. The zero-order valence-corrected chi connectivity index (χ0v) is 60.8. The molecule has 0 aromatic carbocycles. The van der Waals surface area contributed by atoms with Gasteiger partial charge in [-0.05, 0) is 119 Å². The van der Waals surface area contributed by atoms with E-state index in [4.69, 9.17) is 43.5 Å². The standard InChI is InChI=1S/C32H53N5O4SSi2.C28H50BrN5O4Si2/c1-32(2,3)41-31(38)35-16-10-12-25(22-35)29-28(26-13-11-19-42-26)30(37-27(34-29)14-15-33-37)36(23-39-17-20-43(4,5)6)24-40-18-21-44(7,8)9;1-28(2,3)38-27(35)32-14-10-11-22(19-32)25-24(29)26(34-23(31-25)12-13-30-34)33(20-36-15-17-39(4,5)6)21-37-16-18-40(7,8)9/h11,13-15,19,25H,10,12,16-18,20-24H2,1-9H3;12-13,22H,10-11,14-21H2,1-9H3. The van der Waals surface area contributed by atoms with Gasteiger partial charge in [0.15, 0.2) is 17.1 Å². The second kappa shape index (κ2) is 30.0. The van der Waals surface area contributed by atoms with Gasteiger partial charge in [-0.2, -0.15) is 19.2 Å². The normalized spacial score (nSPS) is 16.7. The fourth-order valence-electron chi connectivity index (χ4n) is 9.57. The predicted octanol–water partition coefficient (Wildman–Crippen LogP) is 15.0. The Morgan fingerprint density at radius 3 is 1.35 bits per heavy atom. The van der Waals surface area contributed by atoms with Crippen molar-refractivity contribution < 1.29 is 38.0 Å². The Kier molecular flexibility index (Phi) is 24.8. The van der Waals surface area contributed by atoms with Crippen LogP contribution in [-0.4, -0.2) is 174 Å². The summed E-state index contributed by atoms with van der Waals surface area (Å²) >= 11 is 5.61. The van der Waals surface area contributed by atoms with Crippen LogP contribution >= 0.6 is 27.3 Å². The fourth-order valence-corrected chi connectivity index (χ4v) is 14.2. The molecular weight excluding hydrogens is 1210 g/mol. The predicted molar refractivity (Wildman–Crippen MR) is 357 cm³/mol. The van der Waals surface area contributed by atoms with Gasteiger partial charge in [-0.3, -0.25) is 0 Å². The van der Waals surface area contributed by atoms with Crippen molar-refractivity contribution in [2.45, 2.75) is 193 Å². The maximum absolute atomic E-state index is 13.1. The molecule has 2 aliphatic heterocycles. The van der Waals surface area contributed by atoms with Crippen molar-refractivity contribution in [3.8, 4) is 10.4 Å². The first-order chi connectivity index (χ1) is 39.2. The molecule has 7 rings (SSSR count). The smallest absolute Gasteiger partial charge is 0.410 e. The number of ether oxygens (including phenoxy) is 6. The summed E-state index contributed by atoms with van der Waals surface area (Å²) in [5.74, 6) is 1.90. The lowest BCUT2D eigenvalue weighted by molar-refractivity contribution is 0.0187. The van der Waals surface area contributed by atoms with E-state index in [9.17, 15) is 9.59 Å². The molecular formula is C60H103BrN10O8SSi4. The summed E-state index contributed by atoms with van der Waals surface area (Å²) in [5, 5.41) is 11.5. The minimum absolute atomic E-state index is 0.0505. The molecule has 470 valence electrons. The molecule has 2 unspecified atom stereocenters. The lowest BCUT2D eigenvalue weighted by atomic mass is 9.91. The monoisotopic (exact) mass is 1310 g/mol. The highest BCUT2D eigenvalue weighted by Gasteiger charge is 2.35. The Bertz CT molecular complexity index is 2830. The lowest BCUT2D eigenvalue weighted by Gasteiger charge is -2.35. The van der Waals surface area contributed by atoms with E-state index in [-0.39, 0.29) is 24.0 Å². The van der Waals surface area contributed by atoms with Crippen LogP contribution in [0.25, 0.3) is 21.7 Å². The second-order valence-corrected chi connectivity index (χ2v) is 53.7. The van der Waals surface area contributed by atoms with Gasteiger partial charge in [-0.1, -0.05) is 84.6 Å². The van der Waals surface area contributed by atoms with Crippen LogP contribution in [0, 0.1) is 0 Å². The van der Waals surface area contributed by atoms with Crippen LogP contribution in [0.4, 0.5) is 21.2 Å². The molecule has 0 aliphatic carbocycles. The highest BCUT2D eigenvalue weighted by molar-refractivity contribution is 9.10. The van der Waals surface area contributed by atoms with Crippen molar-refractivity contribution >= 4 is 94.7 Å². The minimum atomic E-state index is -1.25. The summed E-state index contributed by atoms with van der Waals surface area (Å²) in [5.41, 5.74) is 3.41. The number of halogens is 1. The van der Waals surface area contributed by atoms with Gasteiger partial charge in [0, 0.05) is 114 Å². The van der Waals surface area contributed by atoms with Crippen LogP contribution in [0.5, 0.6) is 0 Å². The van der Waals surface area contributed by atoms with Gasteiger partial charge in [0.1, 0.15) is 43.9 Å². The van der Waals surface area contributed by atoms with E-state index < -0.39 is 43.5 Å². The van der Waals surface area contributed by atoms with Crippen LogP contribution in [0.3, 0.4) is 0 Å². The summed E-state index contributed by atoms with van der Waals surface area (Å²) in [6, 6.07) is 12.5. The summed E-state index contributed by atoms with van der Waals surface area (Å²) in [4.78, 5) is 45.3. The highest BCUT2D eigenvalue weighted by atomic mass is 79.9. The average molecular weight is 1320 g/mol. The van der Waals surface area contributed by atoms with Crippen molar-refractivity contribution in [2.24, 2.45) is 0 Å². The van der Waals surface area contributed by atoms with E-state index in [1.165, 1.54) is 0 Å². The molecule has 24 heteroatoms. The molecule has 2 saturated heterocycles. The molecule has 0 spiro atoms. The van der Waals surface area contributed by atoms with E-state index in [1.54, 1.807) is 23.7 Å². The molecule has 2 atom stereocenters. The van der Waals surface area contributed by atoms with Gasteiger partial charge in [0.2, 0.25) is 0 Å². The number of aromatic nitrogens is 6. The van der Waals surface area contributed by atoms with Crippen molar-refractivity contribution in [1.29, 1.82) is 0 Å². The van der Waals surface area contributed by atoms with Crippen LogP contribution in [-0.2, 0) is 28.4 Å². The molecule has 2 fully saturated rings. The SMILES string of the molecule is CC(C)(C)OC(=O)N1CCCC(c2nc3ccnn3c(N(COCC[Si](C)(C)C)COCC[Si](C)(C)C)c2-c2cccs2)C1.CC(C)(C)OC(=O)N1CCCC(c2nc3ccnn3c(N(COCC[Si](C)(C)C)COCC[Si](C)(C)C)c2Br)C1. The fraction of sp³-hybridized carbons (Fsp3) is 0.700. The molecule has 5 aromatic heterocycles. The quantitative estimate of drug-likeness (QED) is 0.0308. The Hall–Kier alpha value is -3.73. The van der Waals surface area contributed by atoms with Crippen LogP contribution in [0.15, 0.2) is 46.5 Å². The van der Waals surface area contributed by atoms with Gasteiger partial charge in [-0.25, -0.2) is 19.6 Å². The van der Waals surface area contributed by atoms with E-state index >= 15 is 0 Å². The van der Waals surface area contributed by atoms with E-state index in [0.717, 1.165) is 99.1 Å². The van der Waals surface area contributed by atoms with Gasteiger partial charge in [0.25, 0.3) is 0 Å². The zero-order valence-electron chi connectivity index (χ0n) is 54.4. The topological polar surface area (TPSA) is 163 Å². The van der Waals surface area contributed by atoms with Crippen molar-refractivity contribution in [1.82, 2.24) is 39.0 Å². The third kappa shape index (κ3) is 22.1. The number of hydrogen-bond acceptors (Lipinski definition) is 15. The Morgan fingerprint density at radius 1 is 0.583 bits per heavy atom. The number of carbonyl (C=O) groups excluding carboxylic acids is 2. The number of likely N-dealkylation sites (tertiary alicyclic amines) is 2. The van der Waals surface area contributed by atoms with Gasteiger partial charge < -0.3 is 48.0 Å². The Labute approximate surface area is 519 Å². The number of thiophene rings is 1. The highest BCUT2D eigenvalue weighted by Crippen LogP contribution is 2.43. The molecule has 2 amide bonds. The number of fused-ring (bicyclic) bond motifs is 2. The number of nitrogens with zero attached hydrogens (tertiary/aromatic N) is 10. The first-order valence-corrected chi connectivity index (χ1v) is 46.9. The van der Waals surface area contributed by atoms with Crippen LogP contribution in [0.1, 0.15) is 90.4 Å². The molecule has 5 aromatic rings. The average Bonchev–Trinajstić information content (AvgIpc) is 4.40. The number of hydrogen-bond donors (Lipinski definition) is 0. The molecule has 7 heterocycles. The van der Waals surface area contributed by atoms with E-state index in [0.29, 0.717) is 79.5 Å². The third-order valence-corrected chi connectivity index (χ3v) is 22.7. The van der Waals surface area contributed by atoms with Crippen molar-refractivity contribution in [3.05, 3.63) is 57.9 Å². The van der Waals surface area contributed by atoms with Gasteiger partial charge in [-0.15, -0.1) is 11.3 Å². The summed E-state index contributed by atoms with van der Waals surface area (Å²) < 4.78 is 41.3. The van der Waals surface area contributed by atoms with E-state index in [2.05, 4.69) is 127 Å². The summed E-state index contributed by atoms with van der Waals surface area (Å²) in [7, 11) is -4.93. The molecule has 0 saturated carbocycles. The zero-order chi connectivity index (χ0) is 61.8. The largest absolute Gasteiger partial charge is 0.444 e. The molecule has 0 N–H and O–H groups in total. The number of piperidine rings is 2. The molecule has 84 heavy (non-hydrogen) atoms. The van der Waals surface area contributed by atoms with Gasteiger partial charge in [0.05, 0.1) is 33.8 Å². The number of anilines is 2. The van der Waals surface area contributed by atoms with Crippen molar-refractivity contribution in [2.75, 3.05) is 89.3 Å². The number of carbonyl (C=O) groups is 2. The third-order valence-electron chi connectivity index (χ3n) is 14.3. The maximum atomic E-state index is 13.1. The molecule has 0 bridgehead atoms. The molecule has 2 aliphatic rings. The Balaban J connectivity index is 0.000000271. The Morgan fingerprint density at radius 2 is 0.964 bits per heavy atom. The second-order valence-electron chi connectivity index (χ2n) is 29.5. The minimum Gasteiger partial charge on any atom is -0.444 e. The van der Waals surface area contributed by atoms with Crippen LogP contribution in [0.2, 0.25) is 103 Å². The van der Waals surface area contributed by atoms with E-state index in [1.807, 2.05) is 72.5 Å². The maximum Gasteiger partial charge on any atom is 0.410 e. The number of rotatable bonds is 25. The molecule has 18 nitrogen and oxygen atoms in total. The van der Waals surface area contributed by atoms with Gasteiger partial charge >= 0.3 is 12.2 Å². The number of amides is 2. The first kappa shape index (κ1) is 69.4. The van der Waals surface area contributed by atoms with Crippen LogP contribution < -0.4 is 9.80 Å². The summed E-state index contributed by atoms with van der Waals surface area (Å²) in [6.45, 7) is 46.7. The molecule has 0 radical (unpaired) electrons. The first-order valence-electron chi connectivity index (χ1n) is 30.4.